The van der Waals surface area contributed by atoms with Crippen molar-refractivity contribution in [3.63, 3.8) is 0 Å². The first kappa shape index (κ1) is 14.9. The monoisotopic (exact) mass is 331 g/mol. The van der Waals surface area contributed by atoms with Gasteiger partial charge in [0.25, 0.3) is 0 Å². The van der Waals surface area contributed by atoms with E-state index >= 15 is 0 Å². The van der Waals surface area contributed by atoms with Gasteiger partial charge in [0.1, 0.15) is 0 Å². The van der Waals surface area contributed by atoms with Crippen molar-refractivity contribution in [3.05, 3.63) is 65.7 Å². The number of rotatable bonds is 3. The summed E-state index contributed by atoms with van der Waals surface area (Å²) >= 11 is 0. The highest BCUT2D eigenvalue weighted by Gasteiger charge is 2.20. The zero-order valence-corrected chi connectivity index (χ0v) is 13.1. The van der Waals surface area contributed by atoms with Gasteiger partial charge in [0.2, 0.25) is 11.7 Å². The standard InChI is InChI=1S/C18H13N5O2/c19-18-16(17(25)12-2-1-5-20-8-12)23-14(9-21-18)10-3-4-11-7-15(24)22-13(11)6-10/h1-6,8-9H,7H2,(H2,19,21)(H,22,24). The summed E-state index contributed by atoms with van der Waals surface area (Å²) in [5, 5.41) is 2.80. The Morgan fingerprint density at radius 1 is 1.20 bits per heavy atom. The Morgan fingerprint density at radius 2 is 2.08 bits per heavy atom. The minimum atomic E-state index is -0.339. The molecule has 0 fully saturated rings. The fourth-order valence-corrected chi connectivity index (χ4v) is 2.71. The van der Waals surface area contributed by atoms with E-state index in [-0.39, 0.29) is 23.2 Å². The van der Waals surface area contributed by atoms with Gasteiger partial charge in [0, 0.05) is 29.2 Å². The molecule has 0 aliphatic carbocycles. The van der Waals surface area contributed by atoms with Crippen LogP contribution in [0.1, 0.15) is 21.6 Å². The van der Waals surface area contributed by atoms with Crippen molar-refractivity contribution in [2.24, 2.45) is 0 Å². The molecule has 0 atom stereocenters. The van der Waals surface area contributed by atoms with E-state index in [1.807, 2.05) is 18.2 Å². The summed E-state index contributed by atoms with van der Waals surface area (Å²) in [6, 6.07) is 8.84. The molecule has 1 aliphatic heterocycles. The van der Waals surface area contributed by atoms with E-state index in [1.165, 1.54) is 12.4 Å². The van der Waals surface area contributed by atoms with Gasteiger partial charge in [-0.15, -0.1) is 0 Å². The second-order valence-corrected chi connectivity index (χ2v) is 5.66. The van der Waals surface area contributed by atoms with Crippen LogP contribution < -0.4 is 11.1 Å². The number of pyridine rings is 1. The second-order valence-electron chi connectivity index (χ2n) is 5.66. The number of ketones is 1. The molecular formula is C18H13N5O2. The van der Waals surface area contributed by atoms with Crippen molar-refractivity contribution in [2.75, 3.05) is 11.1 Å². The Labute approximate surface area is 143 Å². The summed E-state index contributed by atoms with van der Waals surface area (Å²) in [5.74, 6) is -0.315. The predicted octanol–water partition coefficient (Wildman–Crippen LogP) is 1.85. The lowest BCUT2D eigenvalue weighted by molar-refractivity contribution is -0.115. The zero-order chi connectivity index (χ0) is 17.4. The highest BCUT2D eigenvalue weighted by molar-refractivity contribution is 6.10. The molecule has 25 heavy (non-hydrogen) atoms. The van der Waals surface area contributed by atoms with Gasteiger partial charge in [-0.25, -0.2) is 9.97 Å². The normalized spacial score (nSPS) is 12.6. The summed E-state index contributed by atoms with van der Waals surface area (Å²) in [6.07, 6.45) is 4.92. The van der Waals surface area contributed by atoms with Crippen LogP contribution in [0.25, 0.3) is 11.3 Å². The summed E-state index contributed by atoms with van der Waals surface area (Å²) in [6.45, 7) is 0. The Hall–Kier alpha value is -3.61. The largest absolute Gasteiger partial charge is 0.382 e. The summed E-state index contributed by atoms with van der Waals surface area (Å²) in [5.41, 5.74) is 9.25. The Morgan fingerprint density at radius 3 is 2.88 bits per heavy atom. The Bertz CT molecular complexity index is 1000. The van der Waals surface area contributed by atoms with Crippen molar-refractivity contribution in [1.29, 1.82) is 0 Å². The second kappa shape index (κ2) is 5.79. The Kier molecular flexibility index (Phi) is 3.46. The van der Waals surface area contributed by atoms with Gasteiger partial charge in [-0.1, -0.05) is 12.1 Å². The first-order valence-corrected chi connectivity index (χ1v) is 7.62. The maximum atomic E-state index is 12.6. The van der Waals surface area contributed by atoms with E-state index in [0.29, 0.717) is 17.7 Å². The number of hydrogen-bond donors (Lipinski definition) is 2. The average molecular weight is 331 g/mol. The number of carbonyl (C=O) groups is 2. The number of anilines is 2. The highest BCUT2D eigenvalue weighted by atomic mass is 16.1. The summed E-state index contributed by atoms with van der Waals surface area (Å²) in [4.78, 5) is 36.5. The number of nitrogens with zero attached hydrogens (tertiary/aromatic N) is 3. The quantitative estimate of drug-likeness (QED) is 0.709. The molecule has 1 aromatic carbocycles. The van der Waals surface area contributed by atoms with Crippen LogP contribution in [-0.4, -0.2) is 26.6 Å². The maximum Gasteiger partial charge on any atom is 0.228 e. The molecule has 3 heterocycles. The molecule has 1 amide bonds. The third-order valence-corrected chi connectivity index (χ3v) is 3.97. The van der Waals surface area contributed by atoms with E-state index in [1.54, 1.807) is 18.3 Å². The minimum absolute atomic E-state index is 0.0389. The molecule has 3 N–H and O–H groups in total. The SMILES string of the molecule is Nc1ncc(-c2ccc3c(c2)NC(=O)C3)nc1C(=O)c1cccnc1. The van der Waals surface area contributed by atoms with Crippen LogP contribution in [0.2, 0.25) is 0 Å². The Balaban J connectivity index is 1.74. The van der Waals surface area contributed by atoms with Gasteiger partial charge in [0.05, 0.1) is 18.3 Å². The van der Waals surface area contributed by atoms with Gasteiger partial charge in [0.15, 0.2) is 11.5 Å². The zero-order valence-electron chi connectivity index (χ0n) is 13.1. The van der Waals surface area contributed by atoms with Crippen LogP contribution in [-0.2, 0) is 11.2 Å². The first-order valence-electron chi connectivity index (χ1n) is 7.62. The van der Waals surface area contributed by atoms with Crippen LogP contribution in [0.15, 0.2) is 48.9 Å². The van der Waals surface area contributed by atoms with E-state index in [9.17, 15) is 9.59 Å². The summed E-state index contributed by atoms with van der Waals surface area (Å²) < 4.78 is 0. The lowest BCUT2D eigenvalue weighted by atomic mass is 10.1. The number of carbonyl (C=O) groups excluding carboxylic acids is 2. The lowest BCUT2D eigenvalue weighted by Gasteiger charge is -2.08. The topological polar surface area (TPSA) is 111 Å². The fraction of sp³-hybridized carbons (Fsp3) is 0.0556. The molecule has 4 rings (SSSR count). The molecule has 0 bridgehead atoms. The lowest BCUT2D eigenvalue weighted by Crippen LogP contribution is -2.10. The maximum absolute atomic E-state index is 12.6. The number of amides is 1. The molecule has 7 nitrogen and oxygen atoms in total. The predicted molar refractivity (Wildman–Crippen MR) is 91.9 cm³/mol. The summed E-state index contributed by atoms with van der Waals surface area (Å²) in [7, 11) is 0. The fourth-order valence-electron chi connectivity index (χ4n) is 2.71. The molecule has 2 aromatic heterocycles. The average Bonchev–Trinajstić information content (AvgIpc) is 3.01. The molecule has 7 heteroatoms. The number of nitrogens with one attached hydrogen (secondary N) is 1. The van der Waals surface area contributed by atoms with Gasteiger partial charge < -0.3 is 11.1 Å². The molecule has 1 aliphatic rings. The highest BCUT2D eigenvalue weighted by Crippen LogP contribution is 2.29. The molecular weight excluding hydrogens is 318 g/mol. The molecule has 0 unspecified atom stereocenters. The van der Waals surface area contributed by atoms with Crippen molar-refractivity contribution in [1.82, 2.24) is 15.0 Å². The van der Waals surface area contributed by atoms with Crippen molar-refractivity contribution < 1.29 is 9.59 Å². The van der Waals surface area contributed by atoms with Crippen LogP contribution >= 0.6 is 0 Å². The molecule has 0 saturated heterocycles. The van der Waals surface area contributed by atoms with Gasteiger partial charge in [-0.05, 0) is 23.8 Å². The number of fused-ring (bicyclic) bond motifs is 1. The van der Waals surface area contributed by atoms with E-state index in [0.717, 1.165) is 16.8 Å². The number of aromatic nitrogens is 3. The molecule has 122 valence electrons. The smallest absolute Gasteiger partial charge is 0.228 e. The van der Waals surface area contributed by atoms with Gasteiger partial charge in [-0.3, -0.25) is 14.6 Å². The third kappa shape index (κ3) is 2.72. The van der Waals surface area contributed by atoms with E-state index in [2.05, 4.69) is 20.3 Å². The third-order valence-electron chi connectivity index (χ3n) is 3.97. The van der Waals surface area contributed by atoms with Crippen LogP contribution in [0.5, 0.6) is 0 Å². The first-order chi connectivity index (χ1) is 12.1. The van der Waals surface area contributed by atoms with Crippen molar-refractivity contribution in [2.45, 2.75) is 6.42 Å². The molecule has 0 saturated carbocycles. The number of hydrogen-bond acceptors (Lipinski definition) is 6. The van der Waals surface area contributed by atoms with Crippen LogP contribution in [0.3, 0.4) is 0 Å². The number of benzene rings is 1. The van der Waals surface area contributed by atoms with Crippen LogP contribution in [0, 0.1) is 0 Å². The van der Waals surface area contributed by atoms with Gasteiger partial charge >= 0.3 is 0 Å². The van der Waals surface area contributed by atoms with Crippen molar-refractivity contribution >= 4 is 23.2 Å². The van der Waals surface area contributed by atoms with E-state index in [4.69, 9.17) is 5.73 Å². The number of nitrogen functional groups attached to an aromatic ring is 1. The molecule has 3 aromatic rings. The molecule has 0 radical (unpaired) electrons. The van der Waals surface area contributed by atoms with Crippen molar-refractivity contribution in [3.8, 4) is 11.3 Å². The number of nitrogens with two attached hydrogens (primary N) is 1. The van der Waals surface area contributed by atoms with E-state index < -0.39 is 0 Å². The van der Waals surface area contributed by atoms with Crippen LogP contribution in [0.4, 0.5) is 11.5 Å². The minimum Gasteiger partial charge on any atom is -0.382 e. The molecule has 0 spiro atoms. The van der Waals surface area contributed by atoms with Gasteiger partial charge in [-0.2, -0.15) is 0 Å².